The lowest BCUT2D eigenvalue weighted by molar-refractivity contribution is -0.0657. The second-order valence-corrected chi connectivity index (χ2v) is 7.60. The minimum atomic E-state index is -0.685. The number of aliphatic hydroxyl groups is 1. The van der Waals surface area contributed by atoms with Crippen LogP contribution in [-0.2, 0) is 9.47 Å². The van der Waals surface area contributed by atoms with E-state index >= 15 is 0 Å². The quantitative estimate of drug-likeness (QED) is 0.867. The number of aliphatic hydroxyl groups excluding tert-OH is 1. The van der Waals surface area contributed by atoms with E-state index in [1.807, 2.05) is 34.6 Å². The maximum absolute atomic E-state index is 12.6. The standard InChI is InChI=1S/C16H31NO4/c1-11(2)12(8-9-18)13-10-20-16(6,7)17(13)14(19)21-15(3,4)5/h11-13,18H,8-10H2,1-7H3/t12-,13-/m0/s1. The van der Waals surface area contributed by atoms with Crippen molar-refractivity contribution >= 4 is 6.09 Å². The number of hydrogen-bond donors (Lipinski definition) is 1. The number of carbonyl (C=O) groups excluding carboxylic acids is 1. The van der Waals surface area contributed by atoms with Crippen molar-refractivity contribution in [3.05, 3.63) is 0 Å². The van der Waals surface area contributed by atoms with Crippen molar-refractivity contribution in [2.75, 3.05) is 13.2 Å². The molecule has 1 saturated heterocycles. The Balaban J connectivity index is 3.00. The molecule has 1 fully saturated rings. The van der Waals surface area contributed by atoms with Gasteiger partial charge in [-0.1, -0.05) is 13.8 Å². The largest absolute Gasteiger partial charge is 0.444 e. The van der Waals surface area contributed by atoms with Crippen molar-refractivity contribution in [1.29, 1.82) is 0 Å². The number of ether oxygens (including phenoxy) is 2. The van der Waals surface area contributed by atoms with E-state index in [2.05, 4.69) is 13.8 Å². The SMILES string of the molecule is CC(C)[C@H](CCO)[C@@H]1COC(C)(C)N1C(=O)OC(C)(C)C. The Labute approximate surface area is 128 Å². The summed E-state index contributed by atoms with van der Waals surface area (Å²) in [5, 5.41) is 9.31. The van der Waals surface area contributed by atoms with E-state index in [1.165, 1.54) is 0 Å². The fourth-order valence-electron chi connectivity index (χ4n) is 2.93. The van der Waals surface area contributed by atoms with Gasteiger partial charge >= 0.3 is 6.09 Å². The molecule has 1 aliphatic rings. The Morgan fingerprint density at radius 3 is 2.43 bits per heavy atom. The van der Waals surface area contributed by atoms with Crippen LogP contribution in [0.5, 0.6) is 0 Å². The van der Waals surface area contributed by atoms with Gasteiger partial charge in [0.25, 0.3) is 0 Å². The van der Waals surface area contributed by atoms with E-state index in [4.69, 9.17) is 9.47 Å². The van der Waals surface area contributed by atoms with Crippen LogP contribution in [0.15, 0.2) is 0 Å². The van der Waals surface area contributed by atoms with Crippen LogP contribution < -0.4 is 0 Å². The molecule has 1 rings (SSSR count). The third-order valence-electron chi connectivity index (χ3n) is 3.92. The van der Waals surface area contributed by atoms with Gasteiger partial charge < -0.3 is 14.6 Å². The van der Waals surface area contributed by atoms with Crippen molar-refractivity contribution in [1.82, 2.24) is 4.90 Å². The number of rotatable bonds is 4. The van der Waals surface area contributed by atoms with E-state index < -0.39 is 11.3 Å². The maximum atomic E-state index is 12.6. The summed E-state index contributed by atoms with van der Waals surface area (Å²) in [7, 11) is 0. The zero-order valence-corrected chi connectivity index (χ0v) is 14.5. The molecule has 124 valence electrons. The Morgan fingerprint density at radius 1 is 1.43 bits per heavy atom. The van der Waals surface area contributed by atoms with Crippen LogP contribution in [0.4, 0.5) is 4.79 Å². The molecule has 0 radical (unpaired) electrons. The van der Waals surface area contributed by atoms with Gasteiger partial charge in [-0.05, 0) is 52.9 Å². The lowest BCUT2D eigenvalue weighted by Crippen LogP contribution is -2.52. The first kappa shape index (κ1) is 18.2. The maximum Gasteiger partial charge on any atom is 0.412 e. The number of carbonyl (C=O) groups is 1. The Morgan fingerprint density at radius 2 is 2.00 bits per heavy atom. The Hall–Kier alpha value is -0.810. The molecule has 21 heavy (non-hydrogen) atoms. The highest BCUT2D eigenvalue weighted by molar-refractivity contribution is 5.69. The summed E-state index contributed by atoms with van der Waals surface area (Å²) in [5.74, 6) is 0.536. The molecule has 5 nitrogen and oxygen atoms in total. The first-order valence-corrected chi connectivity index (χ1v) is 7.76. The summed E-state index contributed by atoms with van der Waals surface area (Å²) in [4.78, 5) is 14.3. The molecular formula is C16H31NO4. The highest BCUT2D eigenvalue weighted by Crippen LogP contribution is 2.36. The monoisotopic (exact) mass is 301 g/mol. The van der Waals surface area contributed by atoms with Crippen LogP contribution in [0.3, 0.4) is 0 Å². The van der Waals surface area contributed by atoms with Gasteiger partial charge in [-0.15, -0.1) is 0 Å². The second-order valence-electron chi connectivity index (χ2n) is 7.60. The summed E-state index contributed by atoms with van der Waals surface area (Å²) in [6.45, 7) is 14.2. The minimum absolute atomic E-state index is 0.0676. The van der Waals surface area contributed by atoms with Gasteiger partial charge in [-0.2, -0.15) is 0 Å². The molecule has 1 aliphatic heterocycles. The molecule has 0 bridgehead atoms. The molecule has 1 heterocycles. The van der Waals surface area contributed by atoms with Gasteiger partial charge in [0.2, 0.25) is 0 Å². The first-order valence-electron chi connectivity index (χ1n) is 7.76. The lowest BCUT2D eigenvalue weighted by Gasteiger charge is -2.38. The van der Waals surface area contributed by atoms with E-state index in [0.29, 0.717) is 18.9 Å². The lowest BCUT2D eigenvalue weighted by atomic mass is 9.85. The van der Waals surface area contributed by atoms with Crippen LogP contribution in [0.2, 0.25) is 0 Å². The third-order valence-corrected chi connectivity index (χ3v) is 3.92. The second kappa shape index (κ2) is 6.53. The molecule has 0 aliphatic carbocycles. The zero-order chi connectivity index (χ0) is 16.4. The zero-order valence-electron chi connectivity index (χ0n) is 14.5. The minimum Gasteiger partial charge on any atom is -0.444 e. The molecule has 0 saturated carbocycles. The Bertz CT molecular complexity index is 360. The molecule has 2 atom stereocenters. The molecule has 0 aromatic carbocycles. The number of nitrogens with zero attached hydrogens (tertiary/aromatic N) is 1. The normalized spacial score (nSPS) is 23.5. The van der Waals surface area contributed by atoms with E-state index in [9.17, 15) is 9.90 Å². The fraction of sp³-hybridized carbons (Fsp3) is 0.938. The summed E-state index contributed by atoms with van der Waals surface area (Å²) in [5.41, 5.74) is -1.22. The molecule has 0 unspecified atom stereocenters. The number of amides is 1. The van der Waals surface area contributed by atoms with Crippen LogP contribution in [0.25, 0.3) is 0 Å². The van der Waals surface area contributed by atoms with Crippen molar-refractivity contribution in [2.24, 2.45) is 11.8 Å². The fourth-order valence-corrected chi connectivity index (χ4v) is 2.93. The van der Waals surface area contributed by atoms with Crippen molar-refractivity contribution in [2.45, 2.75) is 72.3 Å². The van der Waals surface area contributed by atoms with Gasteiger partial charge in [-0.25, -0.2) is 4.79 Å². The van der Waals surface area contributed by atoms with Gasteiger partial charge in [0.15, 0.2) is 0 Å². The molecule has 1 amide bonds. The van der Waals surface area contributed by atoms with Crippen LogP contribution in [-0.4, -0.2) is 46.7 Å². The van der Waals surface area contributed by atoms with Crippen LogP contribution >= 0.6 is 0 Å². The van der Waals surface area contributed by atoms with Crippen molar-refractivity contribution in [3.63, 3.8) is 0 Å². The number of hydrogen-bond acceptors (Lipinski definition) is 4. The van der Waals surface area contributed by atoms with Gasteiger partial charge in [0.05, 0.1) is 12.6 Å². The van der Waals surface area contributed by atoms with Gasteiger partial charge in [0, 0.05) is 6.61 Å². The first-order chi connectivity index (χ1) is 9.49. The average molecular weight is 301 g/mol. The molecule has 0 spiro atoms. The summed E-state index contributed by atoms with van der Waals surface area (Å²) in [6, 6.07) is -0.0676. The van der Waals surface area contributed by atoms with Gasteiger partial charge in [-0.3, -0.25) is 4.90 Å². The topological polar surface area (TPSA) is 59.0 Å². The third kappa shape index (κ3) is 4.58. The molecule has 0 aromatic rings. The Kier molecular flexibility index (Phi) is 5.67. The van der Waals surface area contributed by atoms with Gasteiger partial charge in [0.1, 0.15) is 11.3 Å². The van der Waals surface area contributed by atoms with Crippen molar-refractivity contribution < 1.29 is 19.4 Å². The van der Waals surface area contributed by atoms with E-state index in [0.717, 1.165) is 0 Å². The summed E-state index contributed by atoms with van der Waals surface area (Å²) in [6.07, 6.45) is 0.305. The summed E-state index contributed by atoms with van der Waals surface area (Å²) < 4.78 is 11.4. The van der Waals surface area contributed by atoms with Crippen LogP contribution in [0.1, 0.15) is 54.9 Å². The predicted octanol–water partition coefficient (Wildman–Crippen LogP) is 3.01. The van der Waals surface area contributed by atoms with E-state index in [-0.39, 0.29) is 24.7 Å². The highest BCUT2D eigenvalue weighted by Gasteiger charge is 2.48. The molecular weight excluding hydrogens is 270 g/mol. The average Bonchev–Trinajstić information content (AvgIpc) is 2.58. The predicted molar refractivity (Wildman–Crippen MR) is 81.9 cm³/mol. The van der Waals surface area contributed by atoms with Crippen molar-refractivity contribution in [3.8, 4) is 0 Å². The molecule has 5 heteroatoms. The van der Waals surface area contributed by atoms with E-state index in [1.54, 1.807) is 4.90 Å². The molecule has 0 aromatic heterocycles. The smallest absolute Gasteiger partial charge is 0.412 e. The summed E-state index contributed by atoms with van der Waals surface area (Å²) >= 11 is 0. The van der Waals surface area contributed by atoms with Crippen LogP contribution in [0, 0.1) is 11.8 Å². The highest BCUT2D eigenvalue weighted by atomic mass is 16.6. The molecule has 1 N–H and O–H groups in total.